The van der Waals surface area contributed by atoms with Crippen LogP contribution in [0, 0.1) is 5.92 Å². The van der Waals surface area contributed by atoms with Crippen LogP contribution in [0.3, 0.4) is 0 Å². The fraction of sp³-hybridized carbons (Fsp3) is 0.444. The molecule has 0 radical (unpaired) electrons. The average Bonchev–Trinajstić information content (AvgIpc) is 3.59. The zero-order valence-electron chi connectivity index (χ0n) is 20.7. The number of aromatic amines is 1. The monoisotopic (exact) mass is 503 g/mol. The summed E-state index contributed by atoms with van der Waals surface area (Å²) >= 11 is 1.65. The molecule has 1 saturated carbocycles. The summed E-state index contributed by atoms with van der Waals surface area (Å²) in [5.74, 6) is 1.34. The van der Waals surface area contributed by atoms with Crippen LogP contribution in [0.5, 0.6) is 0 Å². The van der Waals surface area contributed by atoms with Crippen molar-refractivity contribution in [3.8, 4) is 22.5 Å². The maximum absolute atomic E-state index is 12.7. The Hall–Kier alpha value is -3.04. The molecule has 5 rings (SSSR count). The lowest BCUT2D eigenvalue weighted by Gasteiger charge is -2.21. The molecule has 2 aromatic carbocycles. The molecule has 1 aromatic heterocycles. The number of hydrogen-bond acceptors (Lipinski definition) is 6. The molecule has 2 fully saturated rings. The fourth-order valence-corrected chi connectivity index (χ4v) is 5.97. The van der Waals surface area contributed by atoms with Gasteiger partial charge >= 0.3 is 0 Å². The minimum Gasteiger partial charge on any atom is -0.281 e. The standard InChI is InChI=1S/C27H33N7OS/c1-2-25-31-34(27(36-25)28-24(35)17-14-19-8-4-3-5-9-19)18-20-12-15-21(16-13-20)22-10-6-7-11-23(22)26-29-32-33-30-26/h6-7,10-13,15-16,19,25,31H,2-5,8-9,14,17-18H2,1H3,(H,29,30,32,33). The lowest BCUT2D eigenvalue weighted by atomic mass is 9.86. The molecule has 1 aliphatic carbocycles. The number of rotatable bonds is 8. The fourth-order valence-electron chi connectivity index (χ4n) is 4.97. The highest BCUT2D eigenvalue weighted by Gasteiger charge is 2.28. The van der Waals surface area contributed by atoms with Crippen molar-refractivity contribution in [3.05, 3.63) is 54.1 Å². The first-order chi connectivity index (χ1) is 17.7. The molecule has 1 saturated heterocycles. The second kappa shape index (κ2) is 11.8. The summed E-state index contributed by atoms with van der Waals surface area (Å²) in [4.78, 5) is 17.2. The van der Waals surface area contributed by atoms with Gasteiger partial charge in [0.1, 0.15) is 0 Å². The third kappa shape index (κ3) is 6.02. The van der Waals surface area contributed by atoms with Crippen LogP contribution in [0.4, 0.5) is 0 Å². The van der Waals surface area contributed by atoms with Gasteiger partial charge in [0.15, 0.2) is 11.0 Å². The number of aliphatic imine (C=N–C) groups is 1. The van der Waals surface area contributed by atoms with Crippen LogP contribution < -0.4 is 5.43 Å². The number of benzene rings is 2. The van der Waals surface area contributed by atoms with E-state index in [4.69, 9.17) is 0 Å². The van der Waals surface area contributed by atoms with Crippen LogP contribution in [0.15, 0.2) is 53.5 Å². The van der Waals surface area contributed by atoms with Crippen LogP contribution >= 0.6 is 11.8 Å². The smallest absolute Gasteiger partial charge is 0.248 e. The number of nitrogens with zero attached hydrogens (tertiary/aromatic N) is 5. The van der Waals surface area contributed by atoms with Crippen LogP contribution in [0.2, 0.25) is 0 Å². The highest BCUT2D eigenvalue weighted by atomic mass is 32.2. The number of H-pyrrole nitrogens is 1. The molecule has 3 aromatic rings. The number of aromatic nitrogens is 4. The Morgan fingerprint density at radius 2 is 1.86 bits per heavy atom. The molecule has 0 spiro atoms. The molecule has 188 valence electrons. The number of carbonyl (C=O) groups excluding carboxylic acids is 1. The Kier molecular flexibility index (Phi) is 8.08. The normalized spacial score (nSPS) is 19.8. The van der Waals surface area contributed by atoms with Gasteiger partial charge in [0.25, 0.3) is 0 Å². The van der Waals surface area contributed by atoms with Crippen molar-refractivity contribution in [1.82, 2.24) is 31.1 Å². The first-order valence-corrected chi connectivity index (χ1v) is 13.8. The van der Waals surface area contributed by atoms with E-state index in [2.05, 4.69) is 68.3 Å². The van der Waals surface area contributed by atoms with Gasteiger partial charge < -0.3 is 0 Å². The zero-order chi connectivity index (χ0) is 24.7. The van der Waals surface area contributed by atoms with Crippen molar-refractivity contribution in [2.75, 3.05) is 0 Å². The van der Waals surface area contributed by atoms with Crippen LogP contribution in [0.25, 0.3) is 22.5 Å². The van der Waals surface area contributed by atoms with E-state index < -0.39 is 0 Å². The van der Waals surface area contributed by atoms with Crippen molar-refractivity contribution in [2.45, 2.75) is 70.2 Å². The van der Waals surface area contributed by atoms with Gasteiger partial charge in [-0.1, -0.05) is 99.3 Å². The van der Waals surface area contributed by atoms with Crippen molar-refractivity contribution in [1.29, 1.82) is 0 Å². The summed E-state index contributed by atoms with van der Waals surface area (Å²) in [5.41, 5.74) is 7.77. The van der Waals surface area contributed by atoms with Gasteiger partial charge in [-0.05, 0) is 45.9 Å². The van der Waals surface area contributed by atoms with Crippen LogP contribution in [-0.4, -0.2) is 42.1 Å². The number of tetrazole rings is 1. The number of amides is 1. The van der Waals surface area contributed by atoms with Crippen molar-refractivity contribution >= 4 is 22.8 Å². The van der Waals surface area contributed by atoms with E-state index in [1.165, 1.54) is 32.1 Å². The third-order valence-corrected chi connectivity index (χ3v) is 8.24. The molecule has 0 bridgehead atoms. The van der Waals surface area contributed by atoms with Gasteiger partial charge in [0.05, 0.1) is 11.9 Å². The highest BCUT2D eigenvalue weighted by molar-refractivity contribution is 8.14. The average molecular weight is 504 g/mol. The number of thioether (sulfide) groups is 1. The number of nitrogens with one attached hydrogen (secondary N) is 2. The van der Waals surface area contributed by atoms with Crippen molar-refractivity contribution in [2.24, 2.45) is 10.9 Å². The van der Waals surface area contributed by atoms with Crippen molar-refractivity contribution in [3.63, 3.8) is 0 Å². The van der Waals surface area contributed by atoms with E-state index in [9.17, 15) is 4.79 Å². The minimum atomic E-state index is 0.000451. The number of amidine groups is 1. The molecule has 1 unspecified atom stereocenters. The Labute approximate surface area is 216 Å². The second-order valence-electron chi connectivity index (χ2n) is 9.55. The molecule has 9 heteroatoms. The zero-order valence-corrected chi connectivity index (χ0v) is 21.5. The van der Waals surface area contributed by atoms with Crippen molar-refractivity contribution < 1.29 is 4.79 Å². The molecule has 8 nitrogen and oxygen atoms in total. The summed E-state index contributed by atoms with van der Waals surface area (Å²) < 4.78 is 0. The van der Waals surface area contributed by atoms with Crippen LogP contribution in [-0.2, 0) is 11.3 Å². The maximum atomic E-state index is 12.7. The lowest BCUT2D eigenvalue weighted by molar-refractivity contribution is -0.118. The van der Waals surface area contributed by atoms with E-state index in [0.29, 0.717) is 24.7 Å². The van der Waals surface area contributed by atoms with Gasteiger partial charge in [-0.25, -0.2) is 10.5 Å². The molecule has 1 aliphatic heterocycles. The molecule has 1 atom stereocenters. The number of carbonyl (C=O) groups is 1. The molecule has 36 heavy (non-hydrogen) atoms. The first kappa shape index (κ1) is 24.6. The summed E-state index contributed by atoms with van der Waals surface area (Å²) in [5, 5.41) is 17.4. The predicted molar refractivity (Wildman–Crippen MR) is 144 cm³/mol. The molecular formula is C27H33N7OS. The van der Waals surface area contributed by atoms with E-state index in [1.54, 1.807) is 11.8 Å². The van der Waals surface area contributed by atoms with E-state index in [1.807, 2.05) is 23.2 Å². The maximum Gasteiger partial charge on any atom is 0.248 e. The molecule has 2 N–H and O–H groups in total. The largest absolute Gasteiger partial charge is 0.281 e. The number of hydrazine groups is 1. The minimum absolute atomic E-state index is 0.000451. The molecule has 1 amide bonds. The topological polar surface area (TPSA) is 99.2 Å². The Bertz CT molecular complexity index is 1170. The van der Waals surface area contributed by atoms with Gasteiger partial charge in [-0.15, -0.1) is 5.10 Å². The predicted octanol–water partition coefficient (Wildman–Crippen LogP) is 5.57. The summed E-state index contributed by atoms with van der Waals surface area (Å²) in [6, 6.07) is 16.6. The van der Waals surface area contributed by atoms with E-state index >= 15 is 0 Å². The molecule has 2 aliphatic rings. The summed E-state index contributed by atoms with van der Waals surface area (Å²) in [7, 11) is 0. The molecule has 2 heterocycles. The Morgan fingerprint density at radius 1 is 1.08 bits per heavy atom. The SMILES string of the molecule is CCC1NN(Cc2ccc(-c3ccccc3-c3nnn[nH]3)cc2)C(=NC(=O)CCC2CCCCC2)S1. The Morgan fingerprint density at radius 3 is 2.58 bits per heavy atom. The van der Waals surface area contributed by atoms with Gasteiger partial charge in [0, 0.05) is 12.0 Å². The first-order valence-electron chi connectivity index (χ1n) is 12.9. The quantitative estimate of drug-likeness (QED) is 0.415. The van der Waals surface area contributed by atoms with Gasteiger partial charge in [-0.2, -0.15) is 4.99 Å². The second-order valence-corrected chi connectivity index (χ2v) is 10.7. The lowest BCUT2D eigenvalue weighted by Crippen LogP contribution is -2.37. The number of hydrogen-bond donors (Lipinski definition) is 2. The van der Waals surface area contributed by atoms with E-state index in [-0.39, 0.29) is 11.3 Å². The van der Waals surface area contributed by atoms with Crippen LogP contribution in [0.1, 0.15) is 63.9 Å². The van der Waals surface area contributed by atoms with E-state index in [0.717, 1.165) is 40.3 Å². The highest BCUT2D eigenvalue weighted by Crippen LogP contribution is 2.31. The third-order valence-electron chi connectivity index (χ3n) is 6.99. The molecular weight excluding hydrogens is 470 g/mol. The summed E-state index contributed by atoms with van der Waals surface area (Å²) in [6.45, 7) is 2.79. The van der Waals surface area contributed by atoms with Gasteiger partial charge in [0.2, 0.25) is 5.91 Å². The Balaban J connectivity index is 1.26. The summed E-state index contributed by atoms with van der Waals surface area (Å²) in [6.07, 6.45) is 8.96. The van der Waals surface area contributed by atoms with Gasteiger partial charge in [-0.3, -0.25) is 9.80 Å².